The number of aromatic nitrogens is 1. The van der Waals surface area contributed by atoms with Crippen molar-refractivity contribution in [3.63, 3.8) is 0 Å². The van der Waals surface area contributed by atoms with Gasteiger partial charge in [-0.3, -0.25) is 0 Å². The van der Waals surface area contributed by atoms with E-state index in [0.29, 0.717) is 6.73 Å². The molecule has 0 aliphatic rings. The van der Waals surface area contributed by atoms with E-state index in [1.54, 1.807) is 0 Å². The van der Waals surface area contributed by atoms with E-state index in [4.69, 9.17) is 4.74 Å². The number of benzene rings is 2. The molecule has 3 nitrogen and oxygen atoms in total. The topological polar surface area (TPSA) is 34.4 Å². The van der Waals surface area contributed by atoms with Gasteiger partial charge in [0.2, 0.25) is 0 Å². The summed E-state index contributed by atoms with van der Waals surface area (Å²) in [5, 5.41) is 12.0. The Labute approximate surface area is 164 Å². The Balaban J connectivity index is 1.89. The van der Waals surface area contributed by atoms with E-state index < -0.39 is 14.2 Å². The zero-order chi connectivity index (χ0) is 18.7. The smallest absolute Gasteiger partial charge is 0.122 e. The second kappa shape index (κ2) is 8.09. The van der Waals surface area contributed by atoms with Crippen LogP contribution in [0, 0.1) is 0 Å². The van der Waals surface area contributed by atoms with E-state index in [2.05, 4.69) is 46.2 Å². The van der Waals surface area contributed by atoms with Gasteiger partial charge in [-0.2, -0.15) is 0 Å². The van der Waals surface area contributed by atoms with E-state index in [9.17, 15) is 5.11 Å². The van der Waals surface area contributed by atoms with Crippen LogP contribution in [0.15, 0.2) is 59.2 Å². The highest BCUT2D eigenvalue weighted by Gasteiger charge is 2.18. The number of aliphatic hydroxyl groups is 1. The van der Waals surface area contributed by atoms with Gasteiger partial charge in [-0.05, 0) is 23.7 Å². The first-order valence-corrected chi connectivity index (χ1v) is 13.4. The fourth-order valence-corrected chi connectivity index (χ4v) is 4.21. The summed E-state index contributed by atoms with van der Waals surface area (Å²) in [5.74, 6) is 0. The van der Waals surface area contributed by atoms with Crippen molar-refractivity contribution >= 4 is 34.9 Å². The molecule has 0 fully saturated rings. The Kier molecular flexibility index (Phi) is 6.02. The lowest BCUT2D eigenvalue weighted by Gasteiger charge is -2.18. The lowest BCUT2D eigenvalue weighted by atomic mass is 9.99. The molecule has 1 unspecified atom stereocenters. The molecule has 5 heteroatoms. The summed E-state index contributed by atoms with van der Waals surface area (Å²) in [5.41, 5.74) is 2.81. The average Bonchev–Trinajstić information content (AvgIpc) is 3.03. The van der Waals surface area contributed by atoms with Crippen molar-refractivity contribution in [2.45, 2.75) is 38.5 Å². The van der Waals surface area contributed by atoms with Gasteiger partial charge < -0.3 is 14.4 Å². The maximum Gasteiger partial charge on any atom is 0.122 e. The zero-order valence-electron chi connectivity index (χ0n) is 15.6. The minimum atomic E-state index is -1.10. The first-order chi connectivity index (χ1) is 12.4. The van der Waals surface area contributed by atoms with Crippen LogP contribution in [0.5, 0.6) is 0 Å². The Bertz CT molecular complexity index is 871. The average molecular weight is 432 g/mol. The highest BCUT2D eigenvalue weighted by molar-refractivity contribution is 9.10. The predicted molar refractivity (Wildman–Crippen MR) is 114 cm³/mol. The second-order valence-electron chi connectivity index (χ2n) is 7.85. The molecule has 0 aliphatic carbocycles. The fourth-order valence-electron chi connectivity index (χ4n) is 3.00. The molecule has 0 radical (unpaired) electrons. The van der Waals surface area contributed by atoms with Gasteiger partial charge in [0.05, 0.1) is 5.52 Å². The minimum absolute atomic E-state index is 0.499. The lowest BCUT2D eigenvalue weighted by molar-refractivity contribution is 0.0899. The standard InChI is InChI=1S/C21H26BrNO2Si/c1-26(2,3)14-13-25-15-23-12-11-17-19(22)10-9-18(20(17)23)21(24)16-7-5-4-6-8-16/h4-12,21,24H,13-15H2,1-3H3. The molecule has 2 aromatic carbocycles. The normalized spacial score (nSPS) is 13.3. The van der Waals surface area contributed by atoms with Crippen LogP contribution in [-0.4, -0.2) is 24.4 Å². The molecule has 1 aromatic heterocycles. The molecule has 0 amide bonds. The van der Waals surface area contributed by atoms with Crippen LogP contribution in [-0.2, 0) is 11.5 Å². The van der Waals surface area contributed by atoms with Crippen molar-refractivity contribution in [3.05, 3.63) is 70.3 Å². The Hall–Kier alpha value is -1.40. The summed E-state index contributed by atoms with van der Waals surface area (Å²) in [6, 6.07) is 17.0. The van der Waals surface area contributed by atoms with Crippen LogP contribution in [0.3, 0.4) is 0 Å². The molecule has 0 saturated carbocycles. The number of halogens is 1. The van der Waals surface area contributed by atoms with Crippen LogP contribution < -0.4 is 0 Å². The van der Waals surface area contributed by atoms with Crippen molar-refractivity contribution in [2.24, 2.45) is 0 Å². The van der Waals surface area contributed by atoms with E-state index >= 15 is 0 Å². The molecule has 26 heavy (non-hydrogen) atoms. The molecule has 3 aromatic rings. The first kappa shape index (κ1) is 19.4. The highest BCUT2D eigenvalue weighted by atomic mass is 79.9. The number of ether oxygens (including phenoxy) is 1. The van der Waals surface area contributed by atoms with Gasteiger partial charge in [-0.25, -0.2) is 0 Å². The summed E-state index contributed by atoms with van der Waals surface area (Å²) in [7, 11) is -1.10. The number of hydrogen-bond donors (Lipinski definition) is 1. The van der Waals surface area contributed by atoms with Gasteiger partial charge in [0.15, 0.2) is 0 Å². The van der Waals surface area contributed by atoms with Gasteiger partial charge >= 0.3 is 0 Å². The summed E-state index contributed by atoms with van der Waals surface area (Å²) in [6.45, 7) is 8.34. The molecule has 0 spiro atoms. The van der Waals surface area contributed by atoms with Crippen molar-refractivity contribution in [1.82, 2.24) is 4.57 Å². The maximum absolute atomic E-state index is 10.9. The molecule has 3 rings (SSSR count). The number of fused-ring (bicyclic) bond motifs is 1. The van der Waals surface area contributed by atoms with Gasteiger partial charge in [0, 0.05) is 36.3 Å². The predicted octanol–water partition coefficient (Wildman–Crippen LogP) is 5.80. The molecular formula is C21H26BrNO2Si. The van der Waals surface area contributed by atoms with Gasteiger partial charge in [-0.15, -0.1) is 0 Å². The van der Waals surface area contributed by atoms with Gasteiger partial charge in [0.25, 0.3) is 0 Å². The SMILES string of the molecule is C[Si](C)(C)CCOCn1ccc2c(Br)ccc(C(O)c3ccccc3)c21. The summed E-state index contributed by atoms with van der Waals surface area (Å²) in [4.78, 5) is 0. The number of aliphatic hydroxyl groups excluding tert-OH is 1. The van der Waals surface area contributed by atoms with Crippen LogP contribution in [0.25, 0.3) is 10.9 Å². The number of nitrogens with zero attached hydrogens (tertiary/aromatic N) is 1. The van der Waals surface area contributed by atoms with Gasteiger partial charge in [0.1, 0.15) is 12.8 Å². The number of rotatable bonds is 7. The third-order valence-corrected chi connectivity index (χ3v) is 6.94. The van der Waals surface area contributed by atoms with E-state index in [1.807, 2.05) is 48.7 Å². The van der Waals surface area contributed by atoms with E-state index in [0.717, 1.165) is 39.2 Å². The van der Waals surface area contributed by atoms with Crippen LogP contribution in [0.4, 0.5) is 0 Å². The molecule has 1 N–H and O–H groups in total. The monoisotopic (exact) mass is 431 g/mol. The van der Waals surface area contributed by atoms with Crippen LogP contribution in [0.1, 0.15) is 17.2 Å². The molecular weight excluding hydrogens is 406 g/mol. The summed E-state index contributed by atoms with van der Waals surface area (Å²) < 4.78 is 9.06. The Morgan fingerprint density at radius 1 is 1.08 bits per heavy atom. The third-order valence-electron chi connectivity index (χ3n) is 4.54. The van der Waals surface area contributed by atoms with Crippen LogP contribution in [0.2, 0.25) is 25.7 Å². The molecule has 1 atom stereocenters. The largest absolute Gasteiger partial charge is 0.384 e. The van der Waals surface area contributed by atoms with Crippen molar-refractivity contribution in [1.29, 1.82) is 0 Å². The van der Waals surface area contributed by atoms with Crippen molar-refractivity contribution < 1.29 is 9.84 Å². The molecule has 138 valence electrons. The Morgan fingerprint density at radius 2 is 1.81 bits per heavy atom. The number of hydrogen-bond acceptors (Lipinski definition) is 2. The molecule has 0 bridgehead atoms. The van der Waals surface area contributed by atoms with E-state index in [-0.39, 0.29) is 0 Å². The van der Waals surface area contributed by atoms with Crippen LogP contribution >= 0.6 is 15.9 Å². The fraction of sp³-hybridized carbons (Fsp3) is 0.333. The lowest BCUT2D eigenvalue weighted by Crippen LogP contribution is -2.22. The highest BCUT2D eigenvalue weighted by Crippen LogP contribution is 2.34. The first-order valence-electron chi connectivity index (χ1n) is 8.95. The molecule has 0 aliphatic heterocycles. The Morgan fingerprint density at radius 3 is 2.50 bits per heavy atom. The van der Waals surface area contributed by atoms with Crippen molar-refractivity contribution in [3.8, 4) is 0 Å². The zero-order valence-corrected chi connectivity index (χ0v) is 18.2. The summed E-state index contributed by atoms with van der Waals surface area (Å²) >= 11 is 3.63. The van der Waals surface area contributed by atoms with Gasteiger partial charge in [-0.1, -0.05) is 72.0 Å². The minimum Gasteiger partial charge on any atom is -0.384 e. The summed E-state index contributed by atoms with van der Waals surface area (Å²) in [6.07, 6.45) is 1.37. The van der Waals surface area contributed by atoms with Crippen molar-refractivity contribution in [2.75, 3.05) is 6.61 Å². The second-order valence-corrected chi connectivity index (χ2v) is 14.3. The molecule has 1 heterocycles. The maximum atomic E-state index is 10.9. The quantitative estimate of drug-likeness (QED) is 0.378. The third kappa shape index (κ3) is 4.46. The molecule has 0 saturated heterocycles. The van der Waals surface area contributed by atoms with E-state index in [1.165, 1.54) is 0 Å².